The molecular formula is C25H26ClF3N4O3S. The molecule has 7 nitrogen and oxygen atoms in total. The van der Waals surface area contributed by atoms with Gasteiger partial charge in [-0.2, -0.15) is 13.2 Å². The Morgan fingerprint density at radius 1 is 1.11 bits per heavy atom. The molecule has 1 aliphatic rings. The van der Waals surface area contributed by atoms with Gasteiger partial charge in [0, 0.05) is 39.4 Å². The molecule has 37 heavy (non-hydrogen) atoms. The molecule has 1 aliphatic carbocycles. The van der Waals surface area contributed by atoms with Gasteiger partial charge in [0.05, 0.1) is 11.3 Å². The van der Waals surface area contributed by atoms with E-state index in [9.17, 15) is 26.4 Å². The molecule has 198 valence electrons. The smallest absolute Gasteiger partial charge is 0.382 e. The van der Waals surface area contributed by atoms with Gasteiger partial charge in [-0.1, -0.05) is 17.7 Å². The van der Waals surface area contributed by atoms with Gasteiger partial charge in [0.2, 0.25) is 10.0 Å². The first-order chi connectivity index (χ1) is 17.4. The Labute approximate surface area is 217 Å². The van der Waals surface area contributed by atoms with Crippen LogP contribution in [0.25, 0.3) is 10.9 Å². The van der Waals surface area contributed by atoms with E-state index in [1.54, 1.807) is 24.3 Å². The molecule has 0 aliphatic heterocycles. The number of amides is 1. The summed E-state index contributed by atoms with van der Waals surface area (Å²) in [6.45, 7) is 1.51. The monoisotopic (exact) mass is 554 g/mol. The summed E-state index contributed by atoms with van der Waals surface area (Å²) in [6, 6.07) is 11.3. The zero-order valence-electron chi connectivity index (χ0n) is 19.9. The fourth-order valence-electron chi connectivity index (χ4n) is 4.38. The van der Waals surface area contributed by atoms with Crippen LogP contribution in [0.4, 0.5) is 24.5 Å². The van der Waals surface area contributed by atoms with E-state index < -0.39 is 21.9 Å². The fourth-order valence-corrected chi connectivity index (χ4v) is 5.18. The normalized spacial score (nSPS) is 18.4. The zero-order chi connectivity index (χ0) is 26.8. The molecule has 0 unspecified atom stereocenters. The Balaban J connectivity index is 1.49. The van der Waals surface area contributed by atoms with Gasteiger partial charge in [0.15, 0.2) is 0 Å². The average molecular weight is 555 g/mol. The second-order valence-electron chi connectivity index (χ2n) is 8.98. The molecule has 1 aromatic heterocycles. The van der Waals surface area contributed by atoms with Gasteiger partial charge in [0.25, 0.3) is 5.91 Å². The number of rotatable bonds is 7. The van der Waals surface area contributed by atoms with Crippen LogP contribution in [0.3, 0.4) is 0 Å². The predicted octanol–water partition coefficient (Wildman–Crippen LogP) is 5.82. The second-order valence-corrected chi connectivity index (χ2v) is 11.4. The number of halogens is 4. The number of aromatic nitrogens is 1. The molecule has 1 saturated carbocycles. The topological polar surface area (TPSA) is 100 Å². The highest BCUT2D eigenvalue weighted by Gasteiger charge is 2.34. The molecule has 1 amide bonds. The van der Waals surface area contributed by atoms with Crippen LogP contribution in [0.1, 0.15) is 48.7 Å². The first kappa shape index (κ1) is 27.0. The van der Waals surface area contributed by atoms with Crippen LogP contribution < -0.4 is 15.4 Å². The quantitative estimate of drug-likeness (QED) is 0.342. The van der Waals surface area contributed by atoms with E-state index in [2.05, 4.69) is 20.3 Å². The van der Waals surface area contributed by atoms with Gasteiger partial charge < -0.3 is 10.6 Å². The van der Waals surface area contributed by atoms with Crippen LogP contribution in [-0.4, -0.2) is 37.1 Å². The number of nitrogens with one attached hydrogen (secondary N) is 3. The van der Waals surface area contributed by atoms with Gasteiger partial charge in [0.1, 0.15) is 5.69 Å². The minimum Gasteiger partial charge on any atom is -0.382 e. The van der Waals surface area contributed by atoms with E-state index in [1.165, 1.54) is 25.1 Å². The lowest BCUT2D eigenvalue weighted by Crippen LogP contribution is -2.41. The third-order valence-corrected chi connectivity index (χ3v) is 7.75. The number of alkyl halides is 3. The standard InChI is InChI=1S/C25H26ClF3N4O3S/c1-2-37(35,36)33-19-8-3-5-15(11-19)24(34)31-18-7-4-6-17(13-18)30-22-14-23(25(27,28)29)32-21-10-9-16(26)12-20(21)22/h3,5,8-12,14,17-18,33H,2,4,6-7,13H2,1H3,(H,30,32)(H,31,34)/t17-,18+/m0/s1. The summed E-state index contributed by atoms with van der Waals surface area (Å²) in [5.74, 6) is -0.452. The molecule has 12 heteroatoms. The van der Waals surface area contributed by atoms with Crippen LogP contribution in [0.2, 0.25) is 5.02 Å². The number of hydrogen-bond donors (Lipinski definition) is 3. The van der Waals surface area contributed by atoms with Crippen molar-refractivity contribution in [1.29, 1.82) is 0 Å². The number of sulfonamides is 1. The van der Waals surface area contributed by atoms with Crippen molar-refractivity contribution in [2.24, 2.45) is 0 Å². The lowest BCUT2D eigenvalue weighted by atomic mass is 9.90. The summed E-state index contributed by atoms with van der Waals surface area (Å²) in [6.07, 6.45) is -1.92. The minimum absolute atomic E-state index is 0.0939. The molecule has 1 heterocycles. The zero-order valence-corrected chi connectivity index (χ0v) is 21.5. The first-order valence-electron chi connectivity index (χ1n) is 11.8. The lowest BCUT2D eigenvalue weighted by Gasteiger charge is -2.31. The summed E-state index contributed by atoms with van der Waals surface area (Å²) in [5, 5.41) is 7.06. The SMILES string of the molecule is CCS(=O)(=O)Nc1cccc(C(=O)N[C@@H]2CCC[C@H](Nc3cc(C(F)(F)F)nc4ccc(Cl)cc34)C2)c1. The van der Waals surface area contributed by atoms with Gasteiger partial charge in [-0.15, -0.1) is 0 Å². The summed E-state index contributed by atoms with van der Waals surface area (Å²) < 4.78 is 66.5. The molecule has 3 N–H and O–H groups in total. The Hall–Kier alpha value is -3.05. The van der Waals surface area contributed by atoms with Crippen molar-refractivity contribution in [1.82, 2.24) is 10.3 Å². The number of pyridine rings is 1. The Bertz CT molecular complexity index is 1420. The van der Waals surface area contributed by atoms with Crippen LogP contribution in [0, 0.1) is 0 Å². The highest BCUT2D eigenvalue weighted by molar-refractivity contribution is 7.92. The van der Waals surface area contributed by atoms with Gasteiger partial charge >= 0.3 is 6.18 Å². The molecular weight excluding hydrogens is 529 g/mol. The van der Waals surface area contributed by atoms with E-state index in [0.29, 0.717) is 40.9 Å². The minimum atomic E-state index is -4.60. The summed E-state index contributed by atoms with van der Waals surface area (Å²) in [5.41, 5.74) is 0.0649. The molecule has 3 aromatic rings. The van der Waals surface area contributed by atoms with E-state index in [-0.39, 0.29) is 34.9 Å². The largest absolute Gasteiger partial charge is 0.433 e. The lowest BCUT2D eigenvalue weighted by molar-refractivity contribution is -0.140. The average Bonchev–Trinajstić information content (AvgIpc) is 2.84. The predicted molar refractivity (Wildman–Crippen MR) is 138 cm³/mol. The Kier molecular flexibility index (Phi) is 7.84. The molecule has 2 aromatic carbocycles. The third kappa shape index (κ3) is 6.84. The van der Waals surface area contributed by atoms with E-state index >= 15 is 0 Å². The maximum absolute atomic E-state index is 13.5. The number of carbonyl (C=O) groups excluding carboxylic acids is 1. The molecule has 0 spiro atoms. The molecule has 0 saturated heterocycles. The maximum Gasteiger partial charge on any atom is 0.433 e. The van der Waals surface area contributed by atoms with Crippen LogP contribution >= 0.6 is 11.6 Å². The second kappa shape index (κ2) is 10.7. The van der Waals surface area contributed by atoms with Crippen molar-refractivity contribution >= 4 is 49.8 Å². The van der Waals surface area contributed by atoms with Crippen molar-refractivity contribution in [3.05, 3.63) is 64.8 Å². The van der Waals surface area contributed by atoms with E-state index in [4.69, 9.17) is 11.6 Å². The summed E-state index contributed by atoms with van der Waals surface area (Å²) >= 11 is 6.09. The van der Waals surface area contributed by atoms with Crippen LogP contribution in [0.5, 0.6) is 0 Å². The van der Waals surface area contributed by atoms with Crippen molar-refractivity contribution in [2.45, 2.75) is 50.9 Å². The van der Waals surface area contributed by atoms with Crippen molar-refractivity contribution in [3.63, 3.8) is 0 Å². The van der Waals surface area contributed by atoms with Crippen molar-refractivity contribution in [2.75, 3.05) is 15.8 Å². The maximum atomic E-state index is 13.5. The third-order valence-electron chi connectivity index (χ3n) is 6.21. The molecule has 2 atom stereocenters. The Morgan fingerprint density at radius 2 is 1.86 bits per heavy atom. The highest BCUT2D eigenvalue weighted by Crippen LogP contribution is 2.35. The molecule has 1 fully saturated rings. The number of fused-ring (bicyclic) bond motifs is 1. The van der Waals surface area contributed by atoms with E-state index in [0.717, 1.165) is 12.5 Å². The molecule has 0 bridgehead atoms. The number of hydrogen-bond acceptors (Lipinski definition) is 5. The number of nitrogens with zero attached hydrogens (tertiary/aromatic N) is 1. The van der Waals surface area contributed by atoms with Gasteiger partial charge in [-0.25, -0.2) is 13.4 Å². The van der Waals surface area contributed by atoms with Gasteiger partial charge in [-0.05, 0) is 75.1 Å². The molecule has 0 radical (unpaired) electrons. The first-order valence-corrected chi connectivity index (χ1v) is 13.8. The highest BCUT2D eigenvalue weighted by atomic mass is 35.5. The number of benzene rings is 2. The number of carbonyl (C=O) groups is 1. The summed E-state index contributed by atoms with van der Waals surface area (Å²) in [7, 11) is -3.48. The van der Waals surface area contributed by atoms with Crippen molar-refractivity contribution in [3.8, 4) is 0 Å². The Morgan fingerprint density at radius 3 is 2.59 bits per heavy atom. The molecule has 4 rings (SSSR count). The van der Waals surface area contributed by atoms with Crippen molar-refractivity contribution < 1.29 is 26.4 Å². The van der Waals surface area contributed by atoms with Crippen LogP contribution in [-0.2, 0) is 16.2 Å². The van der Waals surface area contributed by atoms with E-state index in [1.807, 2.05) is 0 Å². The van der Waals surface area contributed by atoms with Crippen LogP contribution in [0.15, 0.2) is 48.5 Å². The fraction of sp³-hybridized carbons (Fsp3) is 0.360. The van der Waals surface area contributed by atoms with Gasteiger partial charge in [-0.3, -0.25) is 9.52 Å². The summed E-state index contributed by atoms with van der Waals surface area (Å²) in [4.78, 5) is 16.6. The number of anilines is 2.